The first-order valence-electron chi connectivity index (χ1n) is 12.6. The molecule has 0 aliphatic rings. The number of methoxy groups -OCH3 is 2. The van der Waals surface area contributed by atoms with E-state index >= 15 is 0 Å². The van der Waals surface area contributed by atoms with Gasteiger partial charge in [-0.05, 0) is 58.7 Å². The highest BCUT2D eigenvalue weighted by molar-refractivity contribution is 5.82. The van der Waals surface area contributed by atoms with Gasteiger partial charge in [0.15, 0.2) is 0 Å². The zero-order valence-corrected chi connectivity index (χ0v) is 22.1. The number of hydrogen-bond acceptors (Lipinski definition) is 5. The fourth-order valence-corrected chi connectivity index (χ4v) is 3.98. The molecule has 0 bridgehead atoms. The molecular formula is C32H32N2O5. The number of carbonyl (C=O) groups is 2. The van der Waals surface area contributed by atoms with Crippen molar-refractivity contribution in [3.05, 3.63) is 125 Å². The predicted molar refractivity (Wildman–Crippen MR) is 150 cm³/mol. The van der Waals surface area contributed by atoms with Crippen LogP contribution in [-0.4, -0.2) is 26.0 Å². The minimum Gasteiger partial charge on any atom is -0.497 e. The maximum absolute atomic E-state index is 13.0. The molecule has 39 heavy (non-hydrogen) atoms. The van der Waals surface area contributed by atoms with Gasteiger partial charge in [0.05, 0.1) is 27.1 Å². The highest BCUT2D eigenvalue weighted by Gasteiger charge is 2.18. The molecule has 0 radical (unpaired) electrons. The molecule has 0 aromatic heterocycles. The molecule has 2 N–H and O–H groups in total. The molecule has 0 aliphatic carbocycles. The van der Waals surface area contributed by atoms with E-state index < -0.39 is 6.17 Å². The van der Waals surface area contributed by atoms with E-state index in [1.165, 1.54) is 0 Å². The number of amides is 2. The Labute approximate surface area is 228 Å². The molecular weight excluding hydrogens is 492 g/mol. The van der Waals surface area contributed by atoms with Gasteiger partial charge in [-0.2, -0.15) is 0 Å². The molecule has 200 valence electrons. The van der Waals surface area contributed by atoms with E-state index in [0.717, 1.165) is 33.8 Å². The molecule has 7 heteroatoms. The summed E-state index contributed by atoms with van der Waals surface area (Å²) in [4.78, 5) is 25.9. The number of ether oxygens (including phenoxy) is 3. The quantitative estimate of drug-likeness (QED) is 0.255. The largest absolute Gasteiger partial charge is 0.497 e. The van der Waals surface area contributed by atoms with Crippen LogP contribution < -0.4 is 24.8 Å². The molecule has 0 heterocycles. The molecule has 0 saturated carbocycles. The summed E-state index contributed by atoms with van der Waals surface area (Å²) < 4.78 is 16.3. The van der Waals surface area contributed by atoms with E-state index in [1.807, 2.05) is 103 Å². The van der Waals surface area contributed by atoms with Crippen LogP contribution in [0.15, 0.2) is 103 Å². The van der Waals surface area contributed by atoms with E-state index in [0.29, 0.717) is 12.4 Å². The summed E-state index contributed by atoms with van der Waals surface area (Å²) in [5.74, 6) is 1.68. The monoisotopic (exact) mass is 524 g/mol. The first-order valence-corrected chi connectivity index (χ1v) is 12.6. The Kier molecular flexibility index (Phi) is 9.56. The van der Waals surface area contributed by atoms with E-state index in [4.69, 9.17) is 14.2 Å². The number of nitrogens with one attached hydrogen (secondary N) is 2. The van der Waals surface area contributed by atoms with Gasteiger partial charge in [-0.25, -0.2) is 0 Å². The lowest BCUT2D eigenvalue weighted by molar-refractivity contribution is -0.123. The maximum Gasteiger partial charge on any atom is 0.226 e. The smallest absolute Gasteiger partial charge is 0.226 e. The van der Waals surface area contributed by atoms with Gasteiger partial charge in [-0.3, -0.25) is 9.59 Å². The van der Waals surface area contributed by atoms with Crippen LogP contribution in [0.25, 0.3) is 0 Å². The Morgan fingerprint density at radius 1 is 0.590 bits per heavy atom. The zero-order chi connectivity index (χ0) is 27.5. The molecule has 0 fully saturated rings. The molecule has 0 saturated heterocycles. The fourth-order valence-electron chi connectivity index (χ4n) is 3.98. The molecule has 4 aromatic carbocycles. The third-order valence-corrected chi connectivity index (χ3v) is 6.12. The number of hydrogen-bond donors (Lipinski definition) is 2. The lowest BCUT2D eigenvalue weighted by Crippen LogP contribution is -2.42. The van der Waals surface area contributed by atoms with Gasteiger partial charge in [0.25, 0.3) is 0 Å². The van der Waals surface area contributed by atoms with E-state index in [-0.39, 0.29) is 24.7 Å². The van der Waals surface area contributed by atoms with Crippen LogP contribution in [0.2, 0.25) is 0 Å². The number of carbonyl (C=O) groups excluding carboxylic acids is 2. The van der Waals surface area contributed by atoms with Gasteiger partial charge in [-0.1, -0.05) is 66.7 Å². The molecule has 2 amide bonds. The Bertz CT molecular complexity index is 1270. The summed E-state index contributed by atoms with van der Waals surface area (Å²) in [5, 5.41) is 5.92. The Hall–Kier alpha value is -4.78. The molecule has 7 nitrogen and oxygen atoms in total. The van der Waals surface area contributed by atoms with E-state index in [2.05, 4.69) is 10.6 Å². The molecule has 0 atom stereocenters. The summed E-state index contributed by atoms with van der Waals surface area (Å²) in [6.45, 7) is 0.445. The molecule has 0 aliphatic heterocycles. The topological polar surface area (TPSA) is 85.9 Å². The summed E-state index contributed by atoms with van der Waals surface area (Å²) in [5.41, 5.74) is 3.46. The Balaban J connectivity index is 1.44. The van der Waals surface area contributed by atoms with Crippen molar-refractivity contribution in [3.8, 4) is 17.2 Å². The van der Waals surface area contributed by atoms with Crippen molar-refractivity contribution >= 4 is 11.8 Å². The Morgan fingerprint density at radius 2 is 1.05 bits per heavy atom. The van der Waals surface area contributed by atoms with Crippen molar-refractivity contribution in [2.75, 3.05) is 14.2 Å². The second-order valence-corrected chi connectivity index (χ2v) is 8.96. The predicted octanol–water partition coefficient (Wildman–Crippen LogP) is 5.00. The molecule has 0 spiro atoms. The van der Waals surface area contributed by atoms with E-state index in [9.17, 15) is 9.59 Å². The highest BCUT2D eigenvalue weighted by atomic mass is 16.5. The fraction of sp³-hybridized carbons (Fsp3) is 0.188. The zero-order valence-electron chi connectivity index (χ0n) is 22.1. The van der Waals surface area contributed by atoms with Crippen LogP contribution in [0.4, 0.5) is 0 Å². The SMILES string of the molecule is COc1ccc(CC(=O)NC(NC(=O)Cc2ccc(OC)cc2)c2ccc(OCc3ccccc3)cc2)cc1. The van der Waals surface area contributed by atoms with Crippen LogP contribution in [0, 0.1) is 0 Å². The molecule has 0 unspecified atom stereocenters. The van der Waals surface area contributed by atoms with Gasteiger partial charge in [0.1, 0.15) is 30.0 Å². The lowest BCUT2D eigenvalue weighted by atomic mass is 10.1. The average Bonchev–Trinajstić information content (AvgIpc) is 2.97. The van der Waals surface area contributed by atoms with Gasteiger partial charge >= 0.3 is 0 Å². The van der Waals surface area contributed by atoms with Crippen molar-refractivity contribution in [2.24, 2.45) is 0 Å². The van der Waals surface area contributed by atoms with Crippen LogP contribution in [0.5, 0.6) is 17.2 Å². The molecule has 4 rings (SSSR count). The van der Waals surface area contributed by atoms with Crippen molar-refractivity contribution in [1.29, 1.82) is 0 Å². The van der Waals surface area contributed by atoms with Gasteiger partial charge in [0, 0.05) is 0 Å². The van der Waals surface area contributed by atoms with Crippen LogP contribution in [-0.2, 0) is 29.0 Å². The summed E-state index contributed by atoms with van der Waals surface area (Å²) >= 11 is 0. The van der Waals surface area contributed by atoms with Crippen LogP contribution in [0.3, 0.4) is 0 Å². The van der Waals surface area contributed by atoms with Crippen molar-refractivity contribution in [3.63, 3.8) is 0 Å². The second kappa shape index (κ2) is 13.7. The summed E-state index contributed by atoms with van der Waals surface area (Å²) in [7, 11) is 3.19. The minimum atomic E-state index is -0.718. The van der Waals surface area contributed by atoms with Crippen LogP contribution in [0.1, 0.15) is 28.4 Å². The Morgan fingerprint density at radius 3 is 1.51 bits per heavy atom. The van der Waals surface area contributed by atoms with Crippen molar-refractivity contribution in [2.45, 2.75) is 25.6 Å². The standard InChI is InChI=1S/C32H32N2O5/c1-37-27-14-8-23(9-15-27)20-30(35)33-32(34-31(36)21-24-10-16-28(38-2)17-11-24)26-12-18-29(19-13-26)39-22-25-6-4-3-5-7-25/h3-19,32H,20-22H2,1-2H3,(H,33,35)(H,34,36). The normalized spacial score (nSPS) is 10.5. The summed E-state index contributed by atoms with van der Waals surface area (Å²) in [6.07, 6.45) is -0.398. The number of benzene rings is 4. The lowest BCUT2D eigenvalue weighted by Gasteiger charge is -2.21. The van der Waals surface area contributed by atoms with Gasteiger partial charge in [-0.15, -0.1) is 0 Å². The van der Waals surface area contributed by atoms with Crippen LogP contribution >= 0.6 is 0 Å². The van der Waals surface area contributed by atoms with Gasteiger partial charge < -0.3 is 24.8 Å². The van der Waals surface area contributed by atoms with E-state index in [1.54, 1.807) is 14.2 Å². The maximum atomic E-state index is 13.0. The first-order chi connectivity index (χ1) is 19.0. The molecule has 4 aromatic rings. The third kappa shape index (κ3) is 8.36. The number of rotatable bonds is 12. The highest BCUT2D eigenvalue weighted by Crippen LogP contribution is 2.19. The van der Waals surface area contributed by atoms with Crippen molar-refractivity contribution < 1.29 is 23.8 Å². The minimum absolute atomic E-state index is 0.160. The van der Waals surface area contributed by atoms with Crippen molar-refractivity contribution in [1.82, 2.24) is 10.6 Å². The average molecular weight is 525 g/mol. The first kappa shape index (κ1) is 27.3. The second-order valence-electron chi connectivity index (χ2n) is 8.96. The summed E-state index contributed by atoms with van der Waals surface area (Å²) in [6, 6.07) is 31.8. The third-order valence-electron chi connectivity index (χ3n) is 6.12. The van der Waals surface area contributed by atoms with Gasteiger partial charge in [0.2, 0.25) is 11.8 Å².